The Morgan fingerprint density at radius 3 is 1.86 bits per heavy atom. The number of nitrogens with one attached hydrogen (secondary N) is 1. The highest BCUT2D eigenvalue weighted by Gasteiger charge is 2.33. The van der Waals surface area contributed by atoms with Gasteiger partial charge < -0.3 is 18.9 Å². The molecule has 0 unspecified atom stereocenters. The summed E-state index contributed by atoms with van der Waals surface area (Å²) in [4.78, 5) is 0. The Bertz CT molecular complexity index is 3420. The summed E-state index contributed by atoms with van der Waals surface area (Å²) < 4.78 is 11.8. The highest BCUT2D eigenvalue weighted by molar-refractivity contribution is 6.73. The zero-order chi connectivity index (χ0) is 39.4. The van der Waals surface area contributed by atoms with Crippen LogP contribution in [0.15, 0.2) is 180 Å². The molecule has 0 atom stereocenters. The minimum absolute atomic E-state index is 0.0740. The number of benzene rings is 8. The predicted octanol–water partition coefficient (Wildman–Crippen LogP) is 13.0. The van der Waals surface area contributed by atoms with Gasteiger partial charge in [-0.15, -0.1) is 0 Å². The molecule has 0 spiro atoms. The molecule has 1 aliphatic rings. The van der Waals surface area contributed by atoms with Crippen LogP contribution < -0.4 is 16.4 Å². The van der Waals surface area contributed by atoms with Crippen LogP contribution in [0, 0.1) is 0 Å². The van der Waals surface area contributed by atoms with E-state index in [0.29, 0.717) is 0 Å². The van der Waals surface area contributed by atoms with Crippen LogP contribution in [-0.4, -0.2) is 16.4 Å². The van der Waals surface area contributed by atoms with Crippen molar-refractivity contribution in [3.8, 4) is 33.6 Å². The van der Waals surface area contributed by atoms with Gasteiger partial charge in [-0.25, -0.2) is 0 Å². The Labute approximate surface area is 343 Å². The lowest BCUT2D eigenvalue weighted by Crippen LogP contribution is -2.36. The van der Waals surface area contributed by atoms with Crippen molar-refractivity contribution in [2.24, 2.45) is 0 Å². The minimum atomic E-state index is 0.0740. The molecule has 0 bridgehead atoms. The number of anilines is 2. The molecule has 12 rings (SSSR count). The molecule has 4 heterocycles. The number of para-hydroxylation sites is 4. The molecule has 0 saturated heterocycles. The van der Waals surface area contributed by atoms with Gasteiger partial charge >= 0.3 is 0 Å². The molecule has 0 fully saturated rings. The van der Waals surface area contributed by atoms with Gasteiger partial charge in [0.25, 0.3) is 0 Å². The van der Waals surface area contributed by atoms with Gasteiger partial charge in [0.05, 0.1) is 39.1 Å². The van der Waals surface area contributed by atoms with E-state index in [9.17, 15) is 0 Å². The molecular formula is C54H39BN3O. The smallest absolute Gasteiger partial charge is 0.247 e. The molecule has 4 nitrogen and oxygen atoms in total. The summed E-state index contributed by atoms with van der Waals surface area (Å²) in [5, 5.41) is 9.82. The predicted molar refractivity (Wildman–Crippen MR) is 249 cm³/mol. The van der Waals surface area contributed by atoms with E-state index in [4.69, 9.17) is 4.42 Å². The standard InChI is InChI=1S/C54H39BN3O/c1-54(2,3)35-26-28-36(29-27-35)56-43-21-11-7-17-37(43)41-32-47(57-44-22-12-8-18-38(44)39-19-9-13-23-45(39)57)49-40-20-10-14-24-46(40)58-51-42-31-34(33-15-5-4-6-16-33)25-30-48(42)59-53(51)55-50(41)52(49)58/h4-32,56H,1-3H3. The van der Waals surface area contributed by atoms with E-state index in [1.54, 1.807) is 0 Å². The van der Waals surface area contributed by atoms with Crippen molar-refractivity contribution in [2.75, 3.05) is 5.32 Å². The normalized spacial score (nSPS) is 12.5. The van der Waals surface area contributed by atoms with Crippen molar-refractivity contribution in [1.29, 1.82) is 0 Å². The van der Waals surface area contributed by atoms with Crippen molar-refractivity contribution in [2.45, 2.75) is 26.2 Å². The first-order valence-electron chi connectivity index (χ1n) is 20.4. The molecule has 279 valence electrons. The number of fused-ring (bicyclic) bond motifs is 10. The number of hydrogen-bond donors (Lipinski definition) is 1. The average molecular weight is 757 g/mol. The average Bonchev–Trinajstić information content (AvgIpc) is 3.92. The quantitative estimate of drug-likeness (QED) is 0.178. The summed E-state index contributed by atoms with van der Waals surface area (Å²) in [6, 6.07) is 63.7. The Morgan fingerprint density at radius 1 is 0.525 bits per heavy atom. The second-order valence-corrected chi connectivity index (χ2v) is 16.8. The molecule has 5 heteroatoms. The first-order valence-corrected chi connectivity index (χ1v) is 20.4. The fraction of sp³-hybridized carbons (Fsp3) is 0.0741. The molecule has 59 heavy (non-hydrogen) atoms. The van der Waals surface area contributed by atoms with Gasteiger partial charge in [-0.3, -0.25) is 0 Å². The molecule has 0 saturated carbocycles. The lowest BCUT2D eigenvalue weighted by Gasteiger charge is -2.23. The molecular weight excluding hydrogens is 717 g/mol. The first kappa shape index (κ1) is 33.9. The summed E-state index contributed by atoms with van der Waals surface area (Å²) in [7, 11) is 2.29. The van der Waals surface area contributed by atoms with E-state index < -0.39 is 0 Å². The van der Waals surface area contributed by atoms with Gasteiger partial charge in [-0.05, 0) is 87.7 Å². The van der Waals surface area contributed by atoms with E-state index in [2.05, 4.69) is 218 Å². The molecule has 3 aromatic heterocycles. The van der Waals surface area contributed by atoms with Crippen LogP contribution in [0.5, 0.6) is 0 Å². The van der Waals surface area contributed by atoms with Crippen molar-refractivity contribution in [1.82, 2.24) is 9.13 Å². The topological polar surface area (TPSA) is 35.0 Å². The summed E-state index contributed by atoms with van der Waals surface area (Å²) in [6.07, 6.45) is 0. The van der Waals surface area contributed by atoms with Gasteiger partial charge in [0.15, 0.2) is 0 Å². The lowest BCUT2D eigenvalue weighted by molar-refractivity contribution is 0.590. The largest absolute Gasteiger partial charge is 0.469 e. The number of hydrogen-bond acceptors (Lipinski definition) is 2. The summed E-state index contributed by atoms with van der Waals surface area (Å²) >= 11 is 0. The van der Waals surface area contributed by atoms with Gasteiger partial charge in [-0.1, -0.05) is 142 Å². The maximum atomic E-state index is 6.86. The molecule has 1 aliphatic heterocycles. The molecule has 0 amide bonds. The minimum Gasteiger partial charge on any atom is -0.469 e. The van der Waals surface area contributed by atoms with E-state index in [-0.39, 0.29) is 5.41 Å². The zero-order valence-electron chi connectivity index (χ0n) is 33.1. The van der Waals surface area contributed by atoms with Crippen molar-refractivity contribution < 1.29 is 4.42 Å². The zero-order valence-corrected chi connectivity index (χ0v) is 33.1. The molecule has 0 aliphatic carbocycles. The Hall–Kier alpha value is -7.24. The Balaban J connectivity index is 1.19. The van der Waals surface area contributed by atoms with Gasteiger partial charge in [0, 0.05) is 43.9 Å². The van der Waals surface area contributed by atoms with Gasteiger partial charge in [0.2, 0.25) is 7.28 Å². The first-order chi connectivity index (χ1) is 28.9. The Kier molecular flexibility index (Phi) is 7.25. The van der Waals surface area contributed by atoms with E-state index in [0.717, 1.165) is 67.0 Å². The highest BCUT2D eigenvalue weighted by Crippen LogP contribution is 2.45. The third-order valence-corrected chi connectivity index (χ3v) is 12.3. The van der Waals surface area contributed by atoms with Crippen LogP contribution in [0.1, 0.15) is 26.3 Å². The van der Waals surface area contributed by atoms with Crippen molar-refractivity contribution in [3.63, 3.8) is 0 Å². The van der Waals surface area contributed by atoms with Crippen LogP contribution in [0.2, 0.25) is 0 Å². The van der Waals surface area contributed by atoms with Crippen LogP contribution in [-0.2, 0) is 5.41 Å². The number of furan rings is 1. The van der Waals surface area contributed by atoms with Gasteiger partial charge in [0.1, 0.15) is 5.58 Å². The summed E-state index contributed by atoms with van der Waals surface area (Å²) in [5.41, 5.74) is 17.8. The molecule has 11 aromatic rings. The van der Waals surface area contributed by atoms with Crippen LogP contribution in [0.3, 0.4) is 0 Å². The molecule has 1 radical (unpaired) electrons. The number of nitrogens with zero attached hydrogens (tertiary/aromatic N) is 2. The molecule has 8 aromatic carbocycles. The van der Waals surface area contributed by atoms with Crippen LogP contribution >= 0.6 is 0 Å². The van der Waals surface area contributed by atoms with E-state index >= 15 is 0 Å². The van der Waals surface area contributed by atoms with Gasteiger partial charge in [-0.2, -0.15) is 0 Å². The van der Waals surface area contributed by atoms with Crippen LogP contribution in [0.25, 0.3) is 88.2 Å². The second-order valence-electron chi connectivity index (χ2n) is 16.8. The highest BCUT2D eigenvalue weighted by atomic mass is 16.3. The lowest BCUT2D eigenvalue weighted by atomic mass is 9.62. The van der Waals surface area contributed by atoms with E-state index in [1.807, 2.05) is 0 Å². The fourth-order valence-electron chi connectivity index (χ4n) is 9.54. The summed E-state index contributed by atoms with van der Waals surface area (Å²) in [6.45, 7) is 6.77. The fourth-order valence-corrected chi connectivity index (χ4v) is 9.54. The third-order valence-electron chi connectivity index (χ3n) is 12.3. The maximum absolute atomic E-state index is 6.86. The summed E-state index contributed by atoms with van der Waals surface area (Å²) in [5.74, 6) is 0. The van der Waals surface area contributed by atoms with E-state index in [1.165, 1.54) is 49.2 Å². The maximum Gasteiger partial charge on any atom is 0.247 e. The van der Waals surface area contributed by atoms with Crippen molar-refractivity contribution in [3.05, 3.63) is 181 Å². The van der Waals surface area contributed by atoms with Crippen molar-refractivity contribution >= 4 is 84.4 Å². The molecule has 1 N–H and O–H groups in total. The number of rotatable bonds is 5. The SMILES string of the molecule is CC(C)(C)c1ccc(Nc2ccccc2-c2cc(-n3c4ccccc4c4ccccc43)c3c4ccccc4n4c3c2[B]c2oc3ccc(-c5ccccc5)cc3c2-4)cc1. The second kappa shape index (κ2) is 12.6. The monoisotopic (exact) mass is 756 g/mol. The third kappa shape index (κ3) is 5.11. The van der Waals surface area contributed by atoms with Crippen LogP contribution in [0.4, 0.5) is 11.4 Å². The number of aromatic nitrogens is 2. The Morgan fingerprint density at radius 2 is 1.15 bits per heavy atom.